The number of carbonyl (C=O) groups excluding carboxylic acids is 2. The highest BCUT2D eigenvalue weighted by molar-refractivity contribution is 5.91. The third-order valence-corrected chi connectivity index (χ3v) is 3.53. The second kappa shape index (κ2) is 6.61. The van der Waals surface area contributed by atoms with Crippen molar-refractivity contribution in [3.8, 4) is 0 Å². The summed E-state index contributed by atoms with van der Waals surface area (Å²) in [6.07, 6.45) is 1.01. The molecule has 0 saturated carbocycles. The summed E-state index contributed by atoms with van der Waals surface area (Å²) in [7, 11) is 1.39. The summed E-state index contributed by atoms with van der Waals surface area (Å²) >= 11 is 0. The van der Waals surface area contributed by atoms with Crippen LogP contribution >= 0.6 is 0 Å². The molecule has 114 valence electrons. The van der Waals surface area contributed by atoms with Gasteiger partial charge in [0.05, 0.1) is 7.11 Å². The Labute approximate surface area is 125 Å². The van der Waals surface area contributed by atoms with Gasteiger partial charge >= 0.3 is 6.09 Å². The molecule has 0 atom stereocenters. The number of carbonyl (C=O) groups is 2. The van der Waals surface area contributed by atoms with Crippen molar-refractivity contribution in [2.75, 3.05) is 19.0 Å². The smallest absolute Gasteiger partial charge is 0.409 e. The van der Waals surface area contributed by atoms with Crippen molar-refractivity contribution in [3.63, 3.8) is 0 Å². The van der Waals surface area contributed by atoms with E-state index < -0.39 is 0 Å². The van der Waals surface area contributed by atoms with Crippen LogP contribution in [-0.4, -0.2) is 30.6 Å². The molecule has 21 heavy (non-hydrogen) atoms. The predicted molar refractivity (Wildman–Crippen MR) is 81.0 cm³/mol. The van der Waals surface area contributed by atoms with Crippen molar-refractivity contribution < 1.29 is 14.3 Å². The fraction of sp³-hybridized carbons (Fsp3) is 0.500. The SMILES string of the molecule is COC(=O)N1CCc2ccc(NC(=O)CC(C)C)cc2C1. The highest BCUT2D eigenvalue weighted by Crippen LogP contribution is 2.23. The quantitative estimate of drug-likeness (QED) is 0.931. The molecule has 1 aliphatic heterocycles. The normalized spacial score (nSPS) is 13.8. The van der Waals surface area contributed by atoms with Crippen molar-refractivity contribution >= 4 is 17.7 Å². The summed E-state index contributed by atoms with van der Waals surface area (Å²) in [6.45, 7) is 5.22. The molecule has 1 aromatic carbocycles. The first kappa shape index (κ1) is 15.4. The third kappa shape index (κ3) is 3.97. The number of ether oxygens (including phenoxy) is 1. The first-order chi connectivity index (χ1) is 9.99. The van der Waals surface area contributed by atoms with E-state index >= 15 is 0 Å². The number of anilines is 1. The summed E-state index contributed by atoms with van der Waals surface area (Å²) in [5.41, 5.74) is 3.07. The lowest BCUT2D eigenvalue weighted by molar-refractivity contribution is -0.116. The van der Waals surface area contributed by atoms with Crippen LogP contribution in [0.15, 0.2) is 18.2 Å². The second-order valence-electron chi connectivity index (χ2n) is 5.77. The Balaban J connectivity index is 2.08. The highest BCUT2D eigenvalue weighted by atomic mass is 16.5. The molecule has 5 nitrogen and oxygen atoms in total. The van der Waals surface area contributed by atoms with Crippen LogP contribution in [0.5, 0.6) is 0 Å². The number of fused-ring (bicyclic) bond motifs is 1. The fourth-order valence-electron chi connectivity index (χ4n) is 2.50. The third-order valence-electron chi connectivity index (χ3n) is 3.53. The molecule has 1 heterocycles. The van der Waals surface area contributed by atoms with E-state index in [1.165, 1.54) is 12.7 Å². The molecule has 5 heteroatoms. The van der Waals surface area contributed by atoms with Crippen LogP contribution in [0, 0.1) is 5.92 Å². The number of rotatable bonds is 3. The standard InChI is InChI=1S/C16H22N2O3/c1-11(2)8-15(19)17-14-5-4-12-6-7-18(16(20)21-3)10-13(12)9-14/h4-5,9,11H,6-8,10H2,1-3H3,(H,17,19). The first-order valence-electron chi connectivity index (χ1n) is 7.24. The summed E-state index contributed by atoms with van der Waals surface area (Å²) in [4.78, 5) is 25.1. The van der Waals surface area contributed by atoms with Crippen LogP contribution in [0.3, 0.4) is 0 Å². The van der Waals surface area contributed by atoms with Crippen LogP contribution < -0.4 is 5.32 Å². The van der Waals surface area contributed by atoms with Crippen molar-refractivity contribution in [3.05, 3.63) is 29.3 Å². The van der Waals surface area contributed by atoms with Crippen LogP contribution in [0.25, 0.3) is 0 Å². The molecule has 1 aromatic rings. The molecule has 2 amide bonds. The van der Waals surface area contributed by atoms with E-state index in [4.69, 9.17) is 4.74 Å². The van der Waals surface area contributed by atoms with Crippen LogP contribution in [0.4, 0.5) is 10.5 Å². The minimum Gasteiger partial charge on any atom is -0.453 e. The molecule has 0 bridgehead atoms. The second-order valence-corrected chi connectivity index (χ2v) is 5.77. The van der Waals surface area contributed by atoms with Gasteiger partial charge in [0.25, 0.3) is 0 Å². The number of methoxy groups -OCH3 is 1. The van der Waals surface area contributed by atoms with Gasteiger partial charge in [-0.05, 0) is 35.6 Å². The van der Waals surface area contributed by atoms with Gasteiger partial charge in [-0.2, -0.15) is 0 Å². The van der Waals surface area contributed by atoms with E-state index in [-0.39, 0.29) is 12.0 Å². The van der Waals surface area contributed by atoms with Gasteiger partial charge in [-0.15, -0.1) is 0 Å². The molecule has 0 unspecified atom stereocenters. The molecule has 1 aliphatic rings. The molecule has 2 rings (SSSR count). The lowest BCUT2D eigenvalue weighted by atomic mass is 9.99. The Hall–Kier alpha value is -2.04. The predicted octanol–water partition coefficient (Wildman–Crippen LogP) is 2.80. The van der Waals surface area contributed by atoms with E-state index in [2.05, 4.69) is 5.32 Å². The molecule has 0 aromatic heterocycles. The zero-order valence-electron chi connectivity index (χ0n) is 12.8. The van der Waals surface area contributed by atoms with E-state index in [0.717, 1.165) is 17.7 Å². The van der Waals surface area contributed by atoms with Crippen LogP contribution in [-0.2, 0) is 22.5 Å². The van der Waals surface area contributed by atoms with Crippen molar-refractivity contribution in [2.24, 2.45) is 5.92 Å². The van der Waals surface area contributed by atoms with E-state index in [0.29, 0.717) is 25.4 Å². The topological polar surface area (TPSA) is 58.6 Å². The van der Waals surface area contributed by atoms with Gasteiger partial charge in [-0.1, -0.05) is 19.9 Å². The molecular formula is C16H22N2O3. The number of hydrogen-bond donors (Lipinski definition) is 1. The zero-order chi connectivity index (χ0) is 15.4. The fourth-order valence-corrected chi connectivity index (χ4v) is 2.50. The minimum atomic E-state index is -0.310. The Morgan fingerprint density at radius 2 is 2.10 bits per heavy atom. The number of benzene rings is 1. The Morgan fingerprint density at radius 3 is 2.76 bits per heavy atom. The summed E-state index contributed by atoms with van der Waals surface area (Å²) in [6, 6.07) is 5.89. The maximum absolute atomic E-state index is 11.8. The summed E-state index contributed by atoms with van der Waals surface area (Å²) < 4.78 is 4.76. The van der Waals surface area contributed by atoms with Gasteiger partial charge in [-0.3, -0.25) is 4.79 Å². The summed E-state index contributed by atoms with van der Waals surface area (Å²) in [5, 5.41) is 2.91. The summed E-state index contributed by atoms with van der Waals surface area (Å²) in [5.74, 6) is 0.350. The molecule has 0 spiro atoms. The minimum absolute atomic E-state index is 0.0191. The van der Waals surface area contributed by atoms with Gasteiger partial charge in [0.15, 0.2) is 0 Å². The molecule has 0 aliphatic carbocycles. The zero-order valence-corrected chi connectivity index (χ0v) is 12.8. The van der Waals surface area contributed by atoms with Crippen molar-refractivity contribution in [1.29, 1.82) is 0 Å². The maximum Gasteiger partial charge on any atom is 0.409 e. The molecule has 0 saturated heterocycles. The average Bonchev–Trinajstić information content (AvgIpc) is 2.44. The first-order valence-corrected chi connectivity index (χ1v) is 7.24. The van der Waals surface area contributed by atoms with Crippen molar-refractivity contribution in [2.45, 2.75) is 33.2 Å². The monoisotopic (exact) mass is 290 g/mol. The van der Waals surface area contributed by atoms with E-state index in [9.17, 15) is 9.59 Å². The number of hydrogen-bond acceptors (Lipinski definition) is 3. The van der Waals surface area contributed by atoms with Gasteiger partial charge in [-0.25, -0.2) is 4.79 Å². The Morgan fingerprint density at radius 1 is 1.33 bits per heavy atom. The van der Waals surface area contributed by atoms with E-state index in [1.807, 2.05) is 32.0 Å². The van der Waals surface area contributed by atoms with E-state index in [1.54, 1.807) is 4.90 Å². The van der Waals surface area contributed by atoms with Crippen molar-refractivity contribution in [1.82, 2.24) is 4.90 Å². The lowest BCUT2D eigenvalue weighted by Gasteiger charge is -2.28. The van der Waals surface area contributed by atoms with Gasteiger partial charge < -0.3 is 15.0 Å². The Kier molecular flexibility index (Phi) is 4.83. The average molecular weight is 290 g/mol. The molecule has 1 N–H and O–H groups in total. The van der Waals surface area contributed by atoms with Gasteiger partial charge in [0.2, 0.25) is 5.91 Å². The van der Waals surface area contributed by atoms with Crippen LogP contribution in [0.2, 0.25) is 0 Å². The number of amides is 2. The highest BCUT2D eigenvalue weighted by Gasteiger charge is 2.21. The van der Waals surface area contributed by atoms with Gasteiger partial charge in [0, 0.05) is 25.2 Å². The number of nitrogens with zero attached hydrogens (tertiary/aromatic N) is 1. The van der Waals surface area contributed by atoms with Crippen LogP contribution in [0.1, 0.15) is 31.4 Å². The number of nitrogens with one attached hydrogen (secondary N) is 1. The maximum atomic E-state index is 11.8. The van der Waals surface area contributed by atoms with Gasteiger partial charge in [0.1, 0.15) is 0 Å². The lowest BCUT2D eigenvalue weighted by Crippen LogP contribution is -2.35. The molecular weight excluding hydrogens is 268 g/mol. The molecule has 0 fully saturated rings. The Bertz CT molecular complexity index is 540. The largest absolute Gasteiger partial charge is 0.453 e. The molecule has 0 radical (unpaired) electrons.